The Labute approximate surface area is 106 Å². The van der Waals surface area contributed by atoms with Gasteiger partial charge in [-0.3, -0.25) is 4.79 Å². The lowest BCUT2D eigenvalue weighted by Crippen LogP contribution is -2.26. The summed E-state index contributed by atoms with van der Waals surface area (Å²) in [6.07, 6.45) is 0. The predicted molar refractivity (Wildman–Crippen MR) is 66.3 cm³/mol. The molecular weight excluding hydrogens is 302 g/mol. The number of hydrogen-bond donors (Lipinski definition) is 1. The molecule has 0 radical (unpaired) electrons. The van der Waals surface area contributed by atoms with Gasteiger partial charge in [-0.25, -0.2) is 0 Å². The number of ether oxygens (including phenoxy) is 1. The topological polar surface area (TPSA) is 38.3 Å². The van der Waals surface area contributed by atoms with Crippen molar-refractivity contribution >= 4 is 44.8 Å². The molecule has 6 heteroatoms. The van der Waals surface area contributed by atoms with Gasteiger partial charge in [0.15, 0.2) is 0 Å². The van der Waals surface area contributed by atoms with Crippen LogP contribution in [0.15, 0.2) is 12.1 Å². The first kappa shape index (κ1) is 13.0. The molecule has 1 aromatic heterocycles. The normalized spacial score (nSPS) is 10.3. The van der Waals surface area contributed by atoms with Crippen molar-refractivity contribution in [2.45, 2.75) is 0 Å². The van der Waals surface area contributed by atoms with Gasteiger partial charge in [0.05, 0.1) is 22.4 Å². The summed E-state index contributed by atoms with van der Waals surface area (Å²) in [6.45, 7) is 1.69. The van der Waals surface area contributed by atoms with Gasteiger partial charge in [0.2, 0.25) is 0 Å². The van der Waals surface area contributed by atoms with E-state index in [1.165, 1.54) is 11.3 Å². The van der Waals surface area contributed by atoms with Crippen molar-refractivity contribution < 1.29 is 9.53 Å². The molecule has 0 atom stereocenters. The SMILES string of the molecule is O=C(NCCOCCBr)c1ccc(Cl)s1. The number of amides is 1. The van der Waals surface area contributed by atoms with Crippen LogP contribution < -0.4 is 5.32 Å². The molecule has 0 aliphatic carbocycles. The molecule has 0 fully saturated rings. The first-order chi connectivity index (χ1) is 7.24. The van der Waals surface area contributed by atoms with E-state index < -0.39 is 0 Å². The van der Waals surface area contributed by atoms with Crippen molar-refractivity contribution in [3.63, 3.8) is 0 Å². The zero-order valence-electron chi connectivity index (χ0n) is 7.96. The monoisotopic (exact) mass is 311 g/mol. The van der Waals surface area contributed by atoms with E-state index in [2.05, 4.69) is 21.2 Å². The van der Waals surface area contributed by atoms with Crippen molar-refractivity contribution in [1.29, 1.82) is 0 Å². The number of carbonyl (C=O) groups excluding carboxylic acids is 1. The van der Waals surface area contributed by atoms with Crippen LogP contribution in [0, 0.1) is 0 Å². The Bertz CT molecular complexity index is 319. The van der Waals surface area contributed by atoms with Crippen LogP contribution in [0.5, 0.6) is 0 Å². The van der Waals surface area contributed by atoms with Crippen molar-refractivity contribution in [2.75, 3.05) is 25.1 Å². The average Bonchev–Trinajstić information content (AvgIpc) is 2.64. The maximum absolute atomic E-state index is 11.5. The zero-order valence-corrected chi connectivity index (χ0v) is 11.1. The van der Waals surface area contributed by atoms with Crippen molar-refractivity contribution in [1.82, 2.24) is 5.32 Å². The van der Waals surface area contributed by atoms with Gasteiger partial charge >= 0.3 is 0 Å². The van der Waals surface area contributed by atoms with Crippen LogP contribution >= 0.6 is 38.9 Å². The van der Waals surface area contributed by atoms with Crippen LogP contribution in [0.3, 0.4) is 0 Å². The quantitative estimate of drug-likeness (QED) is 0.647. The standard InChI is InChI=1S/C9H11BrClNO2S/c10-3-5-14-6-4-12-9(13)7-1-2-8(11)15-7/h1-2H,3-6H2,(H,12,13). The second kappa shape index (κ2) is 7.22. The van der Waals surface area contributed by atoms with Crippen LogP contribution in [0.4, 0.5) is 0 Å². The van der Waals surface area contributed by atoms with Crippen molar-refractivity contribution in [2.24, 2.45) is 0 Å². The minimum atomic E-state index is -0.102. The fraction of sp³-hybridized carbons (Fsp3) is 0.444. The second-order valence-electron chi connectivity index (χ2n) is 2.66. The highest BCUT2D eigenvalue weighted by Gasteiger charge is 2.06. The summed E-state index contributed by atoms with van der Waals surface area (Å²) < 4.78 is 5.81. The van der Waals surface area contributed by atoms with E-state index in [0.29, 0.717) is 29.0 Å². The highest BCUT2D eigenvalue weighted by molar-refractivity contribution is 9.09. The number of carbonyl (C=O) groups is 1. The van der Waals surface area contributed by atoms with Gasteiger partial charge < -0.3 is 10.1 Å². The third-order valence-electron chi connectivity index (χ3n) is 1.55. The Morgan fingerprint density at radius 1 is 1.53 bits per heavy atom. The molecule has 1 amide bonds. The maximum Gasteiger partial charge on any atom is 0.261 e. The molecule has 1 N–H and O–H groups in total. The van der Waals surface area contributed by atoms with E-state index in [1.54, 1.807) is 12.1 Å². The lowest BCUT2D eigenvalue weighted by atomic mass is 10.4. The van der Waals surface area contributed by atoms with Gasteiger partial charge in [-0.05, 0) is 12.1 Å². The summed E-state index contributed by atoms with van der Waals surface area (Å²) in [7, 11) is 0. The number of rotatable bonds is 6. The maximum atomic E-state index is 11.5. The predicted octanol–water partition coefficient (Wildman–Crippen LogP) is 2.54. The summed E-state index contributed by atoms with van der Waals surface area (Å²) in [5, 5.41) is 3.55. The number of hydrogen-bond acceptors (Lipinski definition) is 3. The second-order valence-corrected chi connectivity index (χ2v) is 5.17. The number of thiophene rings is 1. The fourth-order valence-electron chi connectivity index (χ4n) is 0.917. The minimum Gasteiger partial charge on any atom is -0.379 e. The lowest BCUT2D eigenvalue weighted by Gasteiger charge is -2.03. The fourth-order valence-corrected chi connectivity index (χ4v) is 2.11. The van der Waals surface area contributed by atoms with Crippen LogP contribution in [0.25, 0.3) is 0 Å². The van der Waals surface area contributed by atoms with Crippen LogP contribution in [0.2, 0.25) is 4.34 Å². The Kier molecular flexibility index (Phi) is 6.24. The largest absolute Gasteiger partial charge is 0.379 e. The summed E-state index contributed by atoms with van der Waals surface area (Å²) in [5.41, 5.74) is 0. The Morgan fingerprint density at radius 2 is 2.33 bits per heavy atom. The molecule has 1 aromatic rings. The third-order valence-corrected chi connectivity index (χ3v) is 3.10. The van der Waals surface area contributed by atoms with Gasteiger partial charge in [0.25, 0.3) is 5.91 Å². The molecular formula is C9H11BrClNO2S. The van der Waals surface area contributed by atoms with E-state index in [9.17, 15) is 4.79 Å². The van der Waals surface area contributed by atoms with E-state index in [4.69, 9.17) is 16.3 Å². The molecule has 15 heavy (non-hydrogen) atoms. The third kappa shape index (κ3) is 4.97. The Morgan fingerprint density at radius 3 is 2.93 bits per heavy atom. The van der Waals surface area contributed by atoms with Crippen LogP contribution in [-0.2, 0) is 4.74 Å². The van der Waals surface area contributed by atoms with Crippen molar-refractivity contribution in [3.8, 4) is 0 Å². The molecule has 0 aliphatic rings. The van der Waals surface area contributed by atoms with Crippen LogP contribution in [-0.4, -0.2) is 31.0 Å². The molecule has 0 saturated heterocycles. The average molecular weight is 313 g/mol. The first-order valence-electron chi connectivity index (χ1n) is 4.41. The molecule has 0 unspecified atom stereocenters. The molecule has 1 rings (SSSR count). The smallest absolute Gasteiger partial charge is 0.261 e. The lowest BCUT2D eigenvalue weighted by molar-refractivity contribution is 0.0928. The molecule has 0 saturated carbocycles. The number of nitrogens with one attached hydrogen (secondary N) is 1. The van der Waals surface area contributed by atoms with Gasteiger partial charge in [-0.15, -0.1) is 11.3 Å². The molecule has 0 aromatic carbocycles. The summed E-state index contributed by atoms with van der Waals surface area (Å²) >= 11 is 10.2. The molecule has 0 bridgehead atoms. The molecule has 1 heterocycles. The van der Waals surface area contributed by atoms with E-state index >= 15 is 0 Å². The van der Waals surface area contributed by atoms with Gasteiger partial charge in [-0.2, -0.15) is 0 Å². The van der Waals surface area contributed by atoms with Crippen LogP contribution in [0.1, 0.15) is 9.67 Å². The Balaban J connectivity index is 2.19. The highest BCUT2D eigenvalue weighted by Crippen LogP contribution is 2.20. The Hall–Kier alpha value is -0.100. The highest BCUT2D eigenvalue weighted by atomic mass is 79.9. The summed E-state index contributed by atoms with van der Waals surface area (Å²) in [6, 6.07) is 3.42. The minimum absolute atomic E-state index is 0.102. The summed E-state index contributed by atoms with van der Waals surface area (Å²) in [5.74, 6) is -0.102. The molecule has 84 valence electrons. The number of alkyl halides is 1. The van der Waals surface area contributed by atoms with Gasteiger partial charge in [0.1, 0.15) is 0 Å². The molecule has 0 aliphatic heterocycles. The van der Waals surface area contributed by atoms with E-state index in [-0.39, 0.29) is 5.91 Å². The van der Waals surface area contributed by atoms with E-state index in [0.717, 1.165) is 5.33 Å². The first-order valence-corrected chi connectivity index (χ1v) is 6.73. The molecule has 0 spiro atoms. The zero-order chi connectivity index (χ0) is 11.1. The van der Waals surface area contributed by atoms with Gasteiger partial charge in [0, 0.05) is 11.9 Å². The van der Waals surface area contributed by atoms with Gasteiger partial charge in [-0.1, -0.05) is 27.5 Å². The number of halogens is 2. The van der Waals surface area contributed by atoms with E-state index in [1.807, 2.05) is 0 Å². The molecule has 3 nitrogen and oxygen atoms in total. The van der Waals surface area contributed by atoms with Crippen molar-refractivity contribution in [3.05, 3.63) is 21.3 Å². The summed E-state index contributed by atoms with van der Waals surface area (Å²) in [4.78, 5) is 12.1.